The number of rotatable bonds is 0. The van der Waals surface area contributed by atoms with Gasteiger partial charge in [-0.05, 0) is 7.05 Å². The molecule has 2 nitrogen and oxygen atoms in total. The van der Waals surface area contributed by atoms with Crippen LogP contribution in [0.15, 0.2) is 0 Å². The topological polar surface area (TPSA) is 27.0 Å². The van der Waals surface area contributed by atoms with Gasteiger partial charge in [0, 0.05) is 12.3 Å². The summed E-state index contributed by atoms with van der Waals surface area (Å²) in [5, 5.41) is 8.54. The molecule has 1 rings (SSSR count). The van der Waals surface area contributed by atoms with Crippen molar-refractivity contribution in [3.63, 3.8) is 0 Å². The summed E-state index contributed by atoms with van der Waals surface area (Å²) in [5.74, 6) is 1.11. The van der Waals surface area contributed by atoms with E-state index >= 15 is 0 Å². The molecule has 3 heteroatoms. The van der Waals surface area contributed by atoms with Crippen LogP contribution in [0.5, 0.6) is 0 Å². The van der Waals surface area contributed by atoms with Crippen molar-refractivity contribution in [3.05, 3.63) is 0 Å². The van der Waals surface area contributed by atoms with Gasteiger partial charge < -0.3 is 0 Å². The highest BCUT2D eigenvalue weighted by molar-refractivity contribution is 8.00. The predicted octanol–water partition coefficient (Wildman–Crippen LogP) is 0.515. The number of hydrogen-bond donors (Lipinski definition) is 0. The van der Waals surface area contributed by atoms with Gasteiger partial charge >= 0.3 is 0 Å². The van der Waals surface area contributed by atoms with Crippen LogP contribution in [-0.4, -0.2) is 29.6 Å². The van der Waals surface area contributed by atoms with Crippen molar-refractivity contribution >= 4 is 11.8 Å². The van der Waals surface area contributed by atoms with Gasteiger partial charge in [-0.3, -0.25) is 4.90 Å². The maximum absolute atomic E-state index is 8.42. The molecule has 1 saturated heterocycles. The second kappa shape index (κ2) is 2.38. The lowest BCUT2D eigenvalue weighted by Crippen LogP contribution is -2.21. The Bertz CT molecular complexity index is 118. The predicted molar refractivity (Wildman–Crippen MR) is 34.5 cm³/mol. The maximum atomic E-state index is 8.42. The van der Waals surface area contributed by atoms with Crippen molar-refractivity contribution < 1.29 is 0 Å². The van der Waals surface area contributed by atoms with E-state index in [1.807, 2.05) is 7.05 Å². The standard InChI is InChI=1S/C5H8N2S/c1-7-2-3-8-5(7)4-6/h5H,2-3H2,1H3/t5-/m0/s1. The van der Waals surface area contributed by atoms with Crippen LogP contribution in [-0.2, 0) is 0 Å². The highest BCUT2D eigenvalue weighted by Gasteiger charge is 2.19. The number of nitriles is 1. The maximum Gasteiger partial charge on any atom is 0.144 e. The van der Waals surface area contributed by atoms with Crippen LogP contribution < -0.4 is 0 Å². The first-order valence-corrected chi connectivity index (χ1v) is 3.61. The zero-order chi connectivity index (χ0) is 5.98. The largest absolute Gasteiger partial charge is 0.282 e. The summed E-state index contributed by atoms with van der Waals surface area (Å²) >= 11 is 1.72. The second-order valence-electron chi connectivity index (χ2n) is 1.83. The Morgan fingerprint density at radius 2 is 2.62 bits per heavy atom. The fraction of sp³-hybridized carbons (Fsp3) is 0.800. The Labute approximate surface area is 53.5 Å². The molecule has 0 N–H and O–H groups in total. The molecular formula is C5H8N2S. The molecule has 0 saturated carbocycles. The van der Waals surface area contributed by atoms with Gasteiger partial charge in [0.1, 0.15) is 5.37 Å². The van der Waals surface area contributed by atoms with Gasteiger partial charge in [-0.1, -0.05) is 0 Å². The number of nitrogens with zero attached hydrogens (tertiary/aromatic N) is 2. The lowest BCUT2D eigenvalue weighted by molar-refractivity contribution is 0.394. The third-order valence-electron chi connectivity index (χ3n) is 1.23. The first kappa shape index (κ1) is 5.93. The molecule has 0 amide bonds. The van der Waals surface area contributed by atoms with Gasteiger partial charge in [0.05, 0.1) is 6.07 Å². The Balaban J connectivity index is 2.45. The van der Waals surface area contributed by atoms with Gasteiger partial charge in [0.15, 0.2) is 0 Å². The Morgan fingerprint density at radius 1 is 1.88 bits per heavy atom. The summed E-state index contributed by atoms with van der Waals surface area (Å²) < 4.78 is 0. The number of hydrogen-bond acceptors (Lipinski definition) is 3. The van der Waals surface area contributed by atoms with Crippen molar-refractivity contribution in [1.29, 1.82) is 5.26 Å². The monoisotopic (exact) mass is 128 g/mol. The van der Waals surface area contributed by atoms with E-state index in [9.17, 15) is 0 Å². The number of thioether (sulfide) groups is 1. The molecule has 44 valence electrons. The van der Waals surface area contributed by atoms with E-state index in [1.54, 1.807) is 11.8 Å². The van der Waals surface area contributed by atoms with Gasteiger partial charge in [0.2, 0.25) is 0 Å². The van der Waals surface area contributed by atoms with Gasteiger partial charge in [0.25, 0.3) is 0 Å². The van der Waals surface area contributed by atoms with E-state index in [-0.39, 0.29) is 5.37 Å². The normalized spacial score (nSPS) is 30.2. The Kier molecular flexibility index (Phi) is 1.77. The molecule has 0 radical (unpaired) electrons. The minimum absolute atomic E-state index is 0.120. The molecule has 1 aliphatic rings. The minimum Gasteiger partial charge on any atom is -0.282 e. The third kappa shape index (κ3) is 0.960. The molecule has 0 aromatic heterocycles. The SMILES string of the molecule is CN1CCS[C@H]1C#N. The van der Waals surface area contributed by atoms with Crippen LogP contribution in [0.25, 0.3) is 0 Å². The van der Waals surface area contributed by atoms with Crippen LogP contribution in [0.4, 0.5) is 0 Å². The molecule has 0 bridgehead atoms. The van der Waals surface area contributed by atoms with Crippen LogP contribution in [0, 0.1) is 11.3 Å². The lowest BCUT2D eigenvalue weighted by Gasteiger charge is -2.08. The molecule has 0 unspecified atom stereocenters. The third-order valence-corrected chi connectivity index (χ3v) is 2.43. The fourth-order valence-electron chi connectivity index (χ4n) is 0.689. The molecule has 1 fully saturated rings. The van der Waals surface area contributed by atoms with Crippen molar-refractivity contribution in [2.45, 2.75) is 5.37 Å². The summed E-state index contributed by atoms with van der Waals surface area (Å²) in [6.45, 7) is 1.06. The van der Waals surface area contributed by atoms with E-state index < -0.39 is 0 Å². The molecule has 0 aliphatic carbocycles. The van der Waals surface area contributed by atoms with Crippen molar-refractivity contribution in [2.24, 2.45) is 0 Å². The second-order valence-corrected chi connectivity index (χ2v) is 3.02. The molecule has 8 heavy (non-hydrogen) atoms. The first-order valence-electron chi connectivity index (χ1n) is 2.56. The van der Waals surface area contributed by atoms with Gasteiger partial charge in [-0.25, -0.2) is 0 Å². The van der Waals surface area contributed by atoms with Crippen molar-refractivity contribution in [2.75, 3.05) is 19.3 Å². The van der Waals surface area contributed by atoms with Crippen molar-refractivity contribution in [3.8, 4) is 6.07 Å². The summed E-state index contributed by atoms with van der Waals surface area (Å²) in [5.41, 5.74) is 0. The summed E-state index contributed by atoms with van der Waals surface area (Å²) in [4.78, 5) is 2.06. The summed E-state index contributed by atoms with van der Waals surface area (Å²) in [6.07, 6.45) is 0. The van der Waals surface area contributed by atoms with E-state index in [2.05, 4.69) is 11.0 Å². The molecule has 1 atom stereocenters. The molecule has 0 aromatic rings. The first-order chi connectivity index (χ1) is 3.84. The van der Waals surface area contributed by atoms with Crippen LogP contribution in [0.1, 0.15) is 0 Å². The molecular weight excluding hydrogens is 120 g/mol. The highest BCUT2D eigenvalue weighted by Crippen LogP contribution is 2.19. The van der Waals surface area contributed by atoms with Crippen molar-refractivity contribution in [1.82, 2.24) is 4.90 Å². The Morgan fingerprint density at radius 3 is 2.88 bits per heavy atom. The molecule has 0 spiro atoms. The highest BCUT2D eigenvalue weighted by atomic mass is 32.2. The van der Waals surface area contributed by atoms with Crippen LogP contribution in [0.2, 0.25) is 0 Å². The zero-order valence-corrected chi connectivity index (χ0v) is 5.61. The lowest BCUT2D eigenvalue weighted by atomic mass is 10.6. The van der Waals surface area contributed by atoms with E-state index in [1.165, 1.54) is 0 Å². The van der Waals surface area contributed by atoms with Crippen LogP contribution in [0.3, 0.4) is 0 Å². The van der Waals surface area contributed by atoms with Gasteiger partial charge in [-0.2, -0.15) is 5.26 Å². The van der Waals surface area contributed by atoms with E-state index in [4.69, 9.17) is 5.26 Å². The quantitative estimate of drug-likeness (QED) is 0.476. The van der Waals surface area contributed by atoms with Gasteiger partial charge in [-0.15, -0.1) is 11.8 Å². The average Bonchev–Trinajstić information content (AvgIpc) is 2.14. The smallest absolute Gasteiger partial charge is 0.144 e. The zero-order valence-electron chi connectivity index (χ0n) is 4.79. The average molecular weight is 128 g/mol. The molecule has 0 aromatic carbocycles. The minimum atomic E-state index is 0.120. The van der Waals surface area contributed by atoms with E-state index in [0.29, 0.717) is 0 Å². The molecule has 1 aliphatic heterocycles. The fourth-order valence-corrected chi connectivity index (χ4v) is 1.74. The van der Waals surface area contributed by atoms with Crippen LogP contribution >= 0.6 is 11.8 Å². The molecule has 1 heterocycles. The Hall–Kier alpha value is -0.200. The summed E-state index contributed by atoms with van der Waals surface area (Å²) in [7, 11) is 1.98. The summed E-state index contributed by atoms with van der Waals surface area (Å²) in [6, 6.07) is 2.20. The van der Waals surface area contributed by atoms with E-state index in [0.717, 1.165) is 12.3 Å².